The fraction of sp³-hybridized carbons (Fsp3) is 0.182. The van der Waals surface area contributed by atoms with Crippen molar-refractivity contribution in [1.82, 2.24) is 5.43 Å². The van der Waals surface area contributed by atoms with E-state index in [9.17, 15) is 23.3 Å². The normalized spacial score (nSPS) is 11.5. The Hall–Kier alpha value is -3.99. The second-order valence-corrected chi connectivity index (χ2v) is 9.19. The quantitative estimate of drug-likeness (QED) is 0.305. The van der Waals surface area contributed by atoms with Crippen LogP contribution in [0.15, 0.2) is 64.1 Å². The van der Waals surface area contributed by atoms with Crippen LogP contribution in [0.2, 0.25) is 0 Å². The first-order valence-corrected chi connectivity index (χ1v) is 11.6. The summed E-state index contributed by atoms with van der Waals surface area (Å²) in [6, 6.07) is 14.4. The van der Waals surface area contributed by atoms with Crippen LogP contribution in [0, 0.1) is 24.0 Å². The molecule has 0 aliphatic rings. The van der Waals surface area contributed by atoms with Crippen LogP contribution in [0.3, 0.4) is 0 Å². The Balaban J connectivity index is 1.67. The number of hydrogen-bond acceptors (Lipinski definition) is 7. The van der Waals surface area contributed by atoms with Gasteiger partial charge in [0.15, 0.2) is 0 Å². The van der Waals surface area contributed by atoms with Crippen molar-refractivity contribution in [1.29, 1.82) is 0 Å². The summed E-state index contributed by atoms with van der Waals surface area (Å²) in [7, 11) is -3.71. The fourth-order valence-corrected chi connectivity index (χ4v) is 3.95. The molecule has 2 aromatic carbocycles. The van der Waals surface area contributed by atoms with Crippen molar-refractivity contribution in [3.8, 4) is 11.3 Å². The first-order valence-electron chi connectivity index (χ1n) is 9.77. The minimum Gasteiger partial charge on any atom is -0.455 e. The van der Waals surface area contributed by atoms with Crippen LogP contribution in [0.1, 0.15) is 16.9 Å². The van der Waals surface area contributed by atoms with Crippen LogP contribution in [0.4, 0.5) is 11.4 Å². The third kappa shape index (κ3) is 5.83. The van der Waals surface area contributed by atoms with Gasteiger partial charge in [0.05, 0.1) is 23.1 Å². The van der Waals surface area contributed by atoms with Gasteiger partial charge in [0.25, 0.3) is 11.6 Å². The van der Waals surface area contributed by atoms with Gasteiger partial charge in [0, 0.05) is 17.7 Å². The number of carbonyl (C=O) groups excluding carboxylic acids is 1. The fourth-order valence-electron chi connectivity index (χ4n) is 3.05. The number of nitro benzene ring substituents is 1. The number of non-ortho nitro benzene ring substituents is 1. The molecule has 0 saturated carbocycles. The number of benzene rings is 2. The molecule has 1 aromatic heterocycles. The van der Waals surface area contributed by atoms with Crippen LogP contribution >= 0.6 is 0 Å². The maximum atomic E-state index is 12.4. The predicted molar refractivity (Wildman–Crippen MR) is 125 cm³/mol. The summed E-state index contributed by atoms with van der Waals surface area (Å²) in [5.74, 6) is 0.175. The van der Waals surface area contributed by atoms with Crippen LogP contribution in [0.5, 0.6) is 0 Å². The number of rotatable bonds is 8. The summed E-state index contributed by atoms with van der Waals surface area (Å²) < 4.78 is 31.2. The third-order valence-corrected chi connectivity index (χ3v) is 6.03. The molecule has 0 aliphatic heterocycles. The number of nitrogens with one attached hydrogen (secondary N) is 1. The summed E-state index contributed by atoms with van der Waals surface area (Å²) in [6.07, 6.45) is 2.31. The van der Waals surface area contributed by atoms with Crippen molar-refractivity contribution in [2.75, 3.05) is 17.1 Å². The molecule has 3 aromatic rings. The molecule has 0 bridgehead atoms. The number of amides is 1. The number of anilines is 1. The van der Waals surface area contributed by atoms with E-state index in [0.29, 0.717) is 22.8 Å². The molecule has 0 spiro atoms. The Morgan fingerprint density at radius 3 is 2.48 bits per heavy atom. The zero-order valence-electron chi connectivity index (χ0n) is 18.2. The Kier molecular flexibility index (Phi) is 6.92. The average molecular weight is 471 g/mol. The van der Waals surface area contributed by atoms with Crippen molar-refractivity contribution >= 4 is 33.5 Å². The summed E-state index contributed by atoms with van der Waals surface area (Å²) in [6.45, 7) is 3.21. The first-order chi connectivity index (χ1) is 15.6. The summed E-state index contributed by atoms with van der Waals surface area (Å²) in [5.41, 5.74) is 5.00. The lowest BCUT2D eigenvalue weighted by Gasteiger charge is -2.23. The van der Waals surface area contributed by atoms with Crippen LogP contribution in [-0.2, 0) is 14.8 Å². The van der Waals surface area contributed by atoms with Crippen LogP contribution < -0.4 is 9.73 Å². The van der Waals surface area contributed by atoms with E-state index in [2.05, 4.69) is 10.5 Å². The van der Waals surface area contributed by atoms with Gasteiger partial charge >= 0.3 is 0 Å². The SMILES string of the molecule is Cc1cccc(N(CC(=O)N/N=C\c2ccc(-c3ccc([N+](=O)[O-])cc3)o2)S(C)(=O)=O)c1C. The first kappa shape index (κ1) is 23.7. The lowest BCUT2D eigenvalue weighted by molar-refractivity contribution is -0.384. The Bertz CT molecular complexity index is 1310. The van der Waals surface area contributed by atoms with Crippen molar-refractivity contribution in [2.24, 2.45) is 5.10 Å². The highest BCUT2D eigenvalue weighted by atomic mass is 32.2. The Morgan fingerprint density at radius 1 is 1.15 bits per heavy atom. The van der Waals surface area contributed by atoms with Gasteiger partial charge in [-0.05, 0) is 55.3 Å². The minimum atomic E-state index is -3.71. The predicted octanol–water partition coefficient (Wildman–Crippen LogP) is 3.39. The molecule has 0 atom stereocenters. The zero-order chi connectivity index (χ0) is 24.2. The van der Waals surface area contributed by atoms with Gasteiger partial charge in [-0.2, -0.15) is 5.10 Å². The molecule has 3 rings (SSSR count). The van der Waals surface area contributed by atoms with Gasteiger partial charge in [0.1, 0.15) is 18.1 Å². The molecule has 11 heteroatoms. The van der Waals surface area contributed by atoms with Gasteiger partial charge < -0.3 is 4.42 Å². The molecule has 0 fully saturated rings. The second-order valence-electron chi connectivity index (χ2n) is 7.29. The molecule has 0 saturated heterocycles. The molecule has 1 heterocycles. The number of carbonyl (C=O) groups is 1. The molecule has 1 amide bonds. The maximum Gasteiger partial charge on any atom is 0.269 e. The summed E-state index contributed by atoms with van der Waals surface area (Å²) in [4.78, 5) is 22.6. The number of hydrogen-bond donors (Lipinski definition) is 1. The van der Waals surface area contributed by atoms with Crippen molar-refractivity contribution in [3.63, 3.8) is 0 Å². The van der Waals surface area contributed by atoms with E-state index in [1.807, 2.05) is 13.0 Å². The zero-order valence-corrected chi connectivity index (χ0v) is 19.0. The summed E-state index contributed by atoms with van der Waals surface area (Å²) in [5, 5.41) is 14.6. The van der Waals surface area contributed by atoms with E-state index in [1.165, 1.54) is 18.3 Å². The van der Waals surface area contributed by atoms with E-state index in [1.54, 1.807) is 43.3 Å². The van der Waals surface area contributed by atoms with E-state index in [0.717, 1.165) is 21.7 Å². The summed E-state index contributed by atoms with van der Waals surface area (Å²) >= 11 is 0. The lowest BCUT2D eigenvalue weighted by Crippen LogP contribution is -2.39. The number of sulfonamides is 1. The number of furan rings is 1. The lowest BCUT2D eigenvalue weighted by atomic mass is 10.1. The number of nitro groups is 1. The highest BCUT2D eigenvalue weighted by Gasteiger charge is 2.22. The molecular formula is C22H22N4O6S. The standard InChI is InChI=1S/C22H22N4O6S/c1-15-5-4-6-20(16(15)2)25(33(3,30)31)14-22(27)24-23-13-19-11-12-21(32-19)17-7-9-18(10-8-17)26(28)29/h4-13H,14H2,1-3H3,(H,24,27)/b23-13-. The van der Waals surface area contributed by atoms with E-state index >= 15 is 0 Å². The number of hydrazone groups is 1. The number of aryl methyl sites for hydroxylation is 1. The van der Waals surface area contributed by atoms with Gasteiger partial charge in [-0.3, -0.25) is 19.2 Å². The maximum absolute atomic E-state index is 12.4. The Morgan fingerprint density at radius 2 is 1.85 bits per heavy atom. The minimum absolute atomic E-state index is 0.0289. The molecule has 172 valence electrons. The second kappa shape index (κ2) is 9.65. The van der Waals surface area contributed by atoms with E-state index in [-0.39, 0.29) is 5.69 Å². The van der Waals surface area contributed by atoms with E-state index in [4.69, 9.17) is 4.42 Å². The monoisotopic (exact) mass is 470 g/mol. The highest BCUT2D eigenvalue weighted by Crippen LogP contribution is 2.25. The van der Waals surface area contributed by atoms with Gasteiger partial charge in [0.2, 0.25) is 10.0 Å². The molecule has 1 N–H and O–H groups in total. The largest absolute Gasteiger partial charge is 0.455 e. The van der Waals surface area contributed by atoms with Crippen molar-refractivity contribution < 1.29 is 22.6 Å². The molecule has 33 heavy (non-hydrogen) atoms. The van der Waals surface area contributed by atoms with Crippen molar-refractivity contribution in [2.45, 2.75) is 13.8 Å². The molecule has 0 unspecified atom stereocenters. The van der Waals surface area contributed by atoms with Gasteiger partial charge in [-0.1, -0.05) is 12.1 Å². The molecular weight excluding hydrogens is 448 g/mol. The molecule has 0 radical (unpaired) electrons. The van der Waals surface area contributed by atoms with Gasteiger partial charge in [-0.25, -0.2) is 13.8 Å². The molecule has 10 nitrogen and oxygen atoms in total. The average Bonchev–Trinajstić information content (AvgIpc) is 3.22. The van der Waals surface area contributed by atoms with Gasteiger partial charge in [-0.15, -0.1) is 0 Å². The molecule has 0 aliphatic carbocycles. The number of nitrogens with zero attached hydrogens (tertiary/aromatic N) is 3. The van der Waals surface area contributed by atoms with Crippen molar-refractivity contribution in [3.05, 3.63) is 81.6 Å². The van der Waals surface area contributed by atoms with E-state index < -0.39 is 27.4 Å². The van der Waals surface area contributed by atoms with Crippen LogP contribution in [-0.4, -0.2) is 38.3 Å². The smallest absolute Gasteiger partial charge is 0.269 e. The highest BCUT2D eigenvalue weighted by molar-refractivity contribution is 7.92. The third-order valence-electron chi connectivity index (χ3n) is 4.90. The Labute approximate surface area is 190 Å². The van der Waals surface area contributed by atoms with Crippen LogP contribution in [0.25, 0.3) is 11.3 Å². The topological polar surface area (TPSA) is 135 Å².